The highest BCUT2D eigenvalue weighted by Gasteiger charge is 2.52. The number of nitrogens with zero attached hydrogens (tertiary/aromatic N) is 1. The Morgan fingerprint density at radius 2 is 1.78 bits per heavy atom. The topological polar surface area (TPSA) is 58.6 Å². The van der Waals surface area contributed by atoms with Crippen molar-refractivity contribution < 1.29 is 18.7 Å². The minimum atomic E-state index is -0.708. The van der Waals surface area contributed by atoms with Gasteiger partial charge < -0.3 is 10.1 Å². The Hall–Kier alpha value is -2.54. The molecule has 7 heteroatoms. The smallest absolute Gasteiger partial charge is 0.325 e. The standard InChI is InChI=1S/C20H19FN2O3S/c21-16-5-1-15(2-6-16)12-26-17-7-3-14(4-8-17)11-23-18(24)20(22-19(23)25)9-10-27-13-20/h1-8H,9-13H2,(H,22,25)/t20-/m1/s1. The lowest BCUT2D eigenvalue weighted by Gasteiger charge is -2.19. The van der Waals surface area contributed by atoms with Crippen LogP contribution in [0.5, 0.6) is 5.75 Å². The Labute approximate surface area is 160 Å². The van der Waals surface area contributed by atoms with Gasteiger partial charge in [-0.2, -0.15) is 11.8 Å². The molecule has 2 aromatic rings. The van der Waals surface area contributed by atoms with Crippen molar-refractivity contribution in [3.63, 3.8) is 0 Å². The molecule has 5 nitrogen and oxygen atoms in total. The quantitative estimate of drug-likeness (QED) is 0.801. The maximum atomic E-state index is 12.9. The highest BCUT2D eigenvalue weighted by molar-refractivity contribution is 7.99. The molecule has 0 saturated carbocycles. The first-order chi connectivity index (χ1) is 13.1. The van der Waals surface area contributed by atoms with Gasteiger partial charge in [0.05, 0.1) is 6.54 Å². The number of halogens is 1. The highest BCUT2D eigenvalue weighted by atomic mass is 32.2. The molecular formula is C20H19FN2O3S. The number of carbonyl (C=O) groups excluding carboxylic acids is 2. The molecule has 1 spiro atoms. The fourth-order valence-electron chi connectivity index (χ4n) is 3.27. The number of carbonyl (C=O) groups is 2. The summed E-state index contributed by atoms with van der Waals surface area (Å²) in [6, 6.07) is 13.1. The second kappa shape index (κ2) is 7.23. The molecule has 4 rings (SSSR count). The van der Waals surface area contributed by atoms with Crippen LogP contribution in [0.1, 0.15) is 17.5 Å². The Morgan fingerprint density at radius 1 is 1.07 bits per heavy atom. The number of nitrogens with one attached hydrogen (secondary N) is 1. The van der Waals surface area contributed by atoms with Gasteiger partial charge in [0.1, 0.15) is 23.7 Å². The SMILES string of the molecule is O=C1N[C@@]2(CCSC2)C(=O)N1Cc1ccc(OCc2ccc(F)cc2)cc1. The van der Waals surface area contributed by atoms with Gasteiger partial charge in [0.2, 0.25) is 0 Å². The molecule has 2 aliphatic rings. The summed E-state index contributed by atoms with van der Waals surface area (Å²) in [5.41, 5.74) is 1.02. The van der Waals surface area contributed by atoms with E-state index in [1.807, 2.05) is 12.1 Å². The number of amides is 3. The predicted octanol–water partition coefficient (Wildman–Crippen LogP) is 3.33. The molecule has 0 aliphatic carbocycles. The van der Waals surface area contributed by atoms with E-state index in [2.05, 4.69) is 5.32 Å². The van der Waals surface area contributed by atoms with Crippen molar-refractivity contribution >= 4 is 23.7 Å². The van der Waals surface area contributed by atoms with Crippen molar-refractivity contribution in [1.82, 2.24) is 10.2 Å². The van der Waals surface area contributed by atoms with Gasteiger partial charge in [0.15, 0.2) is 0 Å². The molecule has 2 heterocycles. The van der Waals surface area contributed by atoms with Crippen LogP contribution >= 0.6 is 11.8 Å². The van der Waals surface area contributed by atoms with E-state index in [1.165, 1.54) is 17.0 Å². The molecule has 0 radical (unpaired) electrons. The van der Waals surface area contributed by atoms with Crippen molar-refractivity contribution in [2.24, 2.45) is 0 Å². The molecule has 2 fully saturated rings. The van der Waals surface area contributed by atoms with E-state index < -0.39 is 5.54 Å². The number of urea groups is 1. The summed E-state index contributed by atoms with van der Waals surface area (Å²) in [5, 5.41) is 2.87. The Kier molecular flexibility index (Phi) is 4.78. The van der Waals surface area contributed by atoms with Crippen LogP contribution in [0.3, 0.4) is 0 Å². The molecule has 0 unspecified atom stereocenters. The maximum absolute atomic E-state index is 12.9. The van der Waals surface area contributed by atoms with Gasteiger partial charge in [-0.25, -0.2) is 9.18 Å². The fraction of sp³-hybridized carbons (Fsp3) is 0.300. The lowest BCUT2D eigenvalue weighted by atomic mass is 9.99. The van der Waals surface area contributed by atoms with Crippen LogP contribution in [0.15, 0.2) is 48.5 Å². The summed E-state index contributed by atoms with van der Waals surface area (Å²) in [4.78, 5) is 26.2. The molecule has 27 heavy (non-hydrogen) atoms. The molecule has 2 aromatic carbocycles. The minimum Gasteiger partial charge on any atom is -0.489 e. The Bertz CT molecular complexity index is 849. The third-order valence-corrected chi connectivity index (χ3v) is 6.04. The Morgan fingerprint density at radius 3 is 2.44 bits per heavy atom. The van der Waals surface area contributed by atoms with Crippen LogP contribution in [0, 0.1) is 5.82 Å². The summed E-state index contributed by atoms with van der Waals surface area (Å²) in [6.45, 7) is 0.585. The summed E-state index contributed by atoms with van der Waals surface area (Å²) in [5.74, 6) is 1.80. The molecule has 0 aromatic heterocycles. The predicted molar refractivity (Wildman–Crippen MR) is 101 cm³/mol. The lowest BCUT2D eigenvalue weighted by Crippen LogP contribution is -2.46. The number of hydrogen-bond donors (Lipinski definition) is 1. The van der Waals surface area contributed by atoms with Gasteiger partial charge in [-0.05, 0) is 47.6 Å². The highest BCUT2D eigenvalue weighted by Crippen LogP contribution is 2.34. The molecular weight excluding hydrogens is 367 g/mol. The molecule has 0 bridgehead atoms. The zero-order valence-corrected chi connectivity index (χ0v) is 15.4. The van der Waals surface area contributed by atoms with Crippen molar-refractivity contribution in [2.45, 2.75) is 25.1 Å². The van der Waals surface area contributed by atoms with Crippen molar-refractivity contribution in [3.8, 4) is 5.75 Å². The largest absolute Gasteiger partial charge is 0.489 e. The van der Waals surface area contributed by atoms with Crippen molar-refractivity contribution in [2.75, 3.05) is 11.5 Å². The van der Waals surface area contributed by atoms with Crippen LogP contribution in [0.4, 0.5) is 9.18 Å². The van der Waals surface area contributed by atoms with Gasteiger partial charge in [-0.3, -0.25) is 9.69 Å². The third-order valence-electron chi connectivity index (χ3n) is 4.85. The van der Waals surface area contributed by atoms with Gasteiger partial charge in [-0.1, -0.05) is 24.3 Å². The van der Waals surface area contributed by atoms with E-state index >= 15 is 0 Å². The molecule has 2 aliphatic heterocycles. The summed E-state index contributed by atoms with van der Waals surface area (Å²) < 4.78 is 18.6. The van der Waals surface area contributed by atoms with Crippen molar-refractivity contribution in [3.05, 3.63) is 65.5 Å². The van der Waals surface area contributed by atoms with Gasteiger partial charge in [-0.15, -0.1) is 0 Å². The van der Waals surface area contributed by atoms with E-state index in [9.17, 15) is 14.0 Å². The fourth-order valence-corrected chi connectivity index (χ4v) is 4.60. The molecule has 1 atom stereocenters. The monoisotopic (exact) mass is 386 g/mol. The molecule has 1 N–H and O–H groups in total. The van der Waals surface area contributed by atoms with E-state index in [4.69, 9.17) is 4.74 Å². The van der Waals surface area contributed by atoms with Gasteiger partial charge >= 0.3 is 6.03 Å². The zero-order chi connectivity index (χ0) is 18.9. The maximum Gasteiger partial charge on any atom is 0.325 e. The van der Waals surface area contributed by atoms with Crippen LogP contribution in [0.25, 0.3) is 0 Å². The number of thioether (sulfide) groups is 1. The molecule has 3 amide bonds. The molecule has 2 saturated heterocycles. The number of rotatable bonds is 5. The number of benzene rings is 2. The van der Waals surface area contributed by atoms with Crippen LogP contribution < -0.4 is 10.1 Å². The average molecular weight is 386 g/mol. The van der Waals surface area contributed by atoms with Crippen molar-refractivity contribution in [1.29, 1.82) is 0 Å². The lowest BCUT2D eigenvalue weighted by molar-refractivity contribution is -0.130. The second-order valence-corrected chi connectivity index (χ2v) is 7.87. The van der Waals surface area contributed by atoms with E-state index in [1.54, 1.807) is 36.0 Å². The number of imide groups is 1. The van der Waals surface area contributed by atoms with Crippen LogP contribution in [0.2, 0.25) is 0 Å². The van der Waals surface area contributed by atoms with E-state index in [0.29, 0.717) is 24.5 Å². The van der Waals surface area contributed by atoms with Gasteiger partial charge in [0.25, 0.3) is 5.91 Å². The Balaban J connectivity index is 1.37. The molecule has 140 valence electrons. The summed E-state index contributed by atoms with van der Waals surface area (Å²) in [7, 11) is 0. The normalized spacial score (nSPS) is 21.7. The van der Waals surface area contributed by atoms with Crippen LogP contribution in [-0.2, 0) is 17.9 Å². The second-order valence-electron chi connectivity index (χ2n) is 6.77. The first-order valence-corrected chi connectivity index (χ1v) is 9.89. The van der Waals surface area contributed by atoms with E-state index in [0.717, 1.165) is 16.9 Å². The average Bonchev–Trinajstić information content (AvgIpc) is 3.23. The first kappa shape index (κ1) is 17.9. The first-order valence-electron chi connectivity index (χ1n) is 8.74. The zero-order valence-electron chi connectivity index (χ0n) is 14.6. The van der Waals surface area contributed by atoms with E-state index in [-0.39, 0.29) is 24.3 Å². The summed E-state index contributed by atoms with van der Waals surface area (Å²) >= 11 is 1.69. The third kappa shape index (κ3) is 3.64. The van der Waals surface area contributed by atoms with Gasteiger partial charge in [0, 0.05) is 5.75 Å². The van der Waals surface area contributed by atoms with Crippen LogP contribution in [-0.4, -0.2) is 33.9 Å². The number of ether oxygens (including phenoxy) is 1. The summed E-state index contributed by atoms with van der Waals surface area (Å²) in [6.07, 6.45) is 0.689. The minimum absolute atomic E-state index is 0.130. The number of hydrogen-bond acceptors (Lipinski definition) is 4.